The van der Waals surface area contributed by atoms with Gasteiger partial charge in [-0.25, -0.2) is 4.98 Å². The van der Waals surface area contributed by atoms with Crippen LogP contribution in [0.2, 0.25) is 5.02 Å². The monoisotopic (exact) mass is 556 g/mol. The molecule has 10 heteroatoms. The lowest BCUT2D eigenvalue weighted by Crippen LogP contribution is -2.58. The Morgan fingerprint density at radius 1 is 1.05 bits per heavy atom. The van der Waals surface area contributed by atoms with Gasteiger partial charge in [-0.15, -0.1) is 0 Å². The van der Waals surface area contributed by atoms with Gasteiger partial charge in [-0.1, -0.05) is 72.3 Å². The molecule has 2 N–H and O–H groups in total. The normalized spacial score (nSPS) is 18.7. The summed E-state index contributed by atoms with van der Waals surface area (Å²) < 4.78 is 38.4. The molecule has 0 unspecified atom stereocenters. The van der Waals surface area contributed by atoms with Gasteiger partial charge in [-0.3, -0.25) is 9.59 Å². The van der Waals surface area contributed by atoms with Crippen molar-refractivity contribution in [3.8, 4) is 0 Å². The molecule has 204 valence electrons. The summed E-state index contributed by atoms with van der Waals surface area (Å²) in [7, 11) is 0. The zero-order valence-electron chi connectivity index (χ0n) is 21.2. The Bertz CT molecular complexity index is 1340. The third kappa shape index (κ3) is 6.60. The fraction of sp³-hybridized carbons (Fsp3) is 0.276. The standard InChI is InChI=1S/C29H28ClF3N4O2/c1-28(27(39)35-16-8-15-34-25-24(30)18-22(19-36-25)29(31,32)33)14-13-23(17-20-9-4-2-5-10-20)37(28)26(38)21-11-6-3-7-12-21/h2-7,9-14,18-19,23H,8,15-17H2,1H3,(H,34,36)(H,35,39)/t23-,28+/m0/s1. The summed E-state index contributed by atoms with van der Waals surface area (Å²) >= 11 is 5.93. The first-order chi connectivity index (χ1) is 18.6. The minimum atomic E-state index is -4.53. The van der Waals surface area contributed by atoms with Crippen molar-refractivity contribution < 1.29 is 22.8 Å². The third-order valence-corrected chi connectivity index (χ3v) is 6.85. The molecule has 0 radical (unpaired) electrons. The van der Waals surface area contributed by atoms with Crippen molar-refractivity contribution in [3.63, 3.8) is 0 Å². The quantitative estimate of drug-likeness (QED) is 0.260. The second-order valence-corrected chi connectivity index (χ2v) is 9.80. The molecule has 1 aliphatic heterocycles. The molecule has 0 saturated heterocycles. The van der Waals surface area contributed by atoms with E-state index in [1.54, 1.807) is 42.2 Å². The summed E-state index contributed by atoms with van der Waals surface area (Å²) in [5.41, 5.74) is -0.603. The highest BCUT2D eigenvalue weighted by atomic mass is 35.5. The Balaban J connectivity index is 1.39. The number of hydrogen-bond acceptors (Lipinski definition) is 4. The molecule has 0 spiro atoms. The summed E-state index contributed by atoms with van der Waals surface area (Å²) in [6, 6.07) is 19.1. The smallest absolute Gasteiger partial charge is 0.369 e. The van der Waals surface area contributed by atoms with Crippen LogP contribution in [0.5, 0.6) is 0 Å². The Kier molecular flexibility index (Phi) is 8.60. The minimum absolute atomic E-state index is 0.130. The van der Waals surface area contributed by atoms with E-state index in [0.29, 0.717) is 31.1 Å². The highest BCUT2D eigenvalue weighted by Gasteiger charge is 2.47. The van der Waals surface area contributed by atoms with E-state index in [4.69, 9.17) is 11.6 Å². The maximum atomic E-state index is 13.6. The van der Waals surface area contributed by atoms with Crippen LogP contribution in [0.1, 0.15) is 34.8 Å². The van der Waals surface area contributed by atoms with Crippen LogP contribution >= 0.6 is 11.6 Å². The van der Waals surface area contributed by atoms with Gasteiger partial charge in [0.25, 0.3) is 5.91 Å². The third-order valence-electron chi connectivity index (χ3n) is 6.56. The minimum Gasteiger partial charge on any atom is -0.369 e. The number of nitrogens with one attached hydrogen (secondary N) is 2. The van der Waals surface area contributed by atoms with Gasteiger partial charge in [0.2, 0.25) is 5.91 Å². The van der Waals surface area contributed by atoms with Crippen molar-refractivity contribution in [3.05, 3.63) is 107 Å². The van der Waals surface area contributed by atoms with Crippen LogP contribution in [0.25, 0.3) is 0 Å². The Morgan fingerprint density at radius 2 is 1.72 bits per heavy atom. The number of pyridine rings is 1. The Morgan fingerprint density at radius 3 is 2.36 bits per heavy atom. The Labute approximate surface area is 229 Å². The molecule has 3 aromatic rings. The van der Waals surface area contributed by atoms with Crippen LogP contribution in [0.4, 0.5) is 19.0 Å². The maximum Gasteiger partial charge on any atom is 0.417 e. The van der Waals surface area contributed by atoms with Gasteiger partial charge in [0, 0.05) is 24.8 Å². The number of nitrogens with zero attached hydrogens (tertiary/aromatic N) is 2. The maximum absolute atomic E-state index is 13.6. The molecule has 0 aliphatic carbocycles. The second kappa shape index (κ2) is 11.9. The lowest BCUT2D eigenvalue weighted by atomic mass is 9.98. The van der Waals surface area contributed by atoms with Crippen molar-refractivity contribution in [2.24, 2.45) is 0 Å². The van der Waals surface area contributed by atoms with E-state index in [1.807, 2.05) is 42.5 Å². The molecule has 2 atom stereocenters. The van der Waals surface area contributed by atoms with Crippen LogP contribution < -0.4 is 10.6 Å². The number of hydrogen-bond donors (Lipinski definition) is 2. The van der Waals surface area contributed by atoms with Gasteiger partial charge in [0.15, 0.2) is 0 Å². The molecule has 39 heavy (non-hydrogen) atoms. The first kappa shape index (κ1) is 28.2. The van der Waals surface area contributed by atoms with Crippen molar-refractivity contribution in [2.75, 3.05) is 18.4 Å². The van der Waals surface area contributed by atoms with Crippen LogP contribution in [0.3, 0.4) is 0 Å². The molecule has 2 aromatic carbocycles. The van der Waals surface area contributed by atoms with E-state index in [2.05, 4.69) is 15.6 Å². The molecular weight excluding hydrogens is 529 g/mol. The van der Waals surface area contributed by atoms with Crippen LogP contribution in [0, 0.1) is 0 Å². The molecule has 2 heterocycles. The second-order valence-electron chi connectivity index (χ2n) is 9.39. The average molecular weight is 557 g/mol. The average Bonchev–Trinajstić information content (AvgIpc) is 3.26. The molecule has 2 amide bonds. The fourth-order valence-electron chi connectivity index (χ4n) is 4.49. The van der Waals surface area contributed by atoms with Gasteiger partial charge in [-0.05, 0) is 43.5 Å². The van der Waals surface area contributed by atoms with E-state index >= 15 is 0 Å². The SMILES string of the molecule is C[C@]1(C(=O)NCCCNc2ncc(C(F)(F)F)cc2Cl)C=C[C@@H](Cc2ccccc2)N1C(=O)c1ccccc1. The number of carbonyl (C=O) groups excluding carboxylic acids is 2. The van der Waals surface area contributed by atoms with Gasteiger partial charge in [0.05, 0.1) is 16.6 Å². The van der Waals surface area contributed by atoms with E-state index < -0.39 is 17.3 Å². The first-order valence-electron chi connectivity index (χ1n) is 12.5. The summed E-state index contributed by atoms with van der Waals surface area (Å²) in [6.07, 6.45) is 0.857. The molecule has 0 saturated carbocycles. The van der Waals surface area contributed by atoms with Crippen molar-refractivity contribution in [1.82, 2.24) is 15.2 Å². The topological polar surface area (TPSA) is 74.3 Å². The zero-order valence-corrected chi connectivity index (χ0v) is 22.0. The Hall–Kier alpha value is -3.85. The largest absolute Gasteiger partial charge is 0.417 e. The molecule has 6 nitrogen and oxygen atoms in total. The van der Waals surface area contributed by atoms with E-state index in [9.17, 15) is 22.8 Å². The van der Waals surface area contributed by atoms with Crippen LogP contribution in [-0.4, -0.2) is 46.4 Å². The highest BCUT2D eigenvalue weighted by molar-refractivity contribution is 6.32. The van der Waals surface area contributed by atoms with Gasteiger partial charge in [-0.2, -0.15) is 13.2 Å². The number of aromatic nitrogens is 1. The van der Waals surface area contributed by atoms with Gasteiger partial charge < -0.3 is 15.5 Å². The highest BCUT2D eigenvalue weighted by Crippen LogP contribution is 2.33. The summed E-state index contributed by atoms with van der Waals surface area (Å²) in [4.78, 5) is 32.4. The number of benzene rings is 2. The number of rotatable bonds is 9. The van der Waals surface area contributed by atoms with Crippen LogP contribution in [-0.2, 0) is 17.4 Å². The number of anilines is 1. The van der Waals surface area contributed by atoms with E-state index in [1.165, 1.54) is 0 Å². The number of amides is 2. The number of halogens is 4. The van der Waals surface area contributed by atoms with Crippen LogP contribution in [0.15, 0.2) is 85.1 Å². The molecule has 1 aliphatic rings. The van der Waals surface area contributed by atoms with Gasteiger partial charge in [0.1, 0.15) is 11.4 Å². The lowest BCUT2D eigenvalue weighted by molar-refractivity contribution is -0.137. The lowest BCUT2D eigenvalue weighted by Gasteiger charge is -2.37. The molecule has 0 bridgehead atoms. The first-order valence-corrected chi connectivity index (χ1v) is 12.8. The molecule has 0 fully saturated rings. The number of carbonyl (C=O) groups is 2. The number of alkyl halides is 3. The fourth-order valence-corrected chi connectivity index (χ4v) is 4.72. The van der Waals surface area contributed by atoms with E-state index in [-0.39, 0.29) is 35.2 Å². The molecular formula is C29H28ClF3N4O2. The van der Waals surface area contributed by atoms with Gasteiger partial charge >= 0.3 is 6.18 Å². The van der Waals surface area contributed by atoms with Crippen molar-refractivity contribution in [2.45, 2.75) is 37.5 Å². The predicted molar refractivity (Wildman–Crippen MR) is 144 cm³/mol. The molecule has 4 rings (SSSR count). The summed E-state index contributed by atoms with van der Waals surface area (Å²) in [5.74, 6) is -0.446. The van der Waals surface area contributed by atoms with Crippen molar-refractivity contribution >= 4 is 29.2 Å². The van der Waals surface area contributed by atoms with Crippen molar-refractivity contribution in [1.29, 1.82) is 0 Å². The predicted octanol–water partition coefficient (Wildman–Crippen LogP) is 5.75. The summed E-state index contributed by atoms with van der Waals surface area (Å²) in [5, 5.41) is 5.63. The van der Waals surface area contributed by atoms with E-state index in [0.717, 1.165) is 11.6 Å². The summed E-state index contributed by atoms with van der Waals surface area (Å²) in [6.45, 7) is 2.30. The molecule has 1 aromatic heterocycles. The zero-order chi connectivity index (χ0) is 28.0.